The molecule has 6 nitrogen and oxygen atoms in total. The normalized spacial score (nSPS) is 16.3. The number of nitrogens with one attached hydrogen (secondary N) is 3. The summed E-state index contributed by atoms with van der Waals surface area (Å²) in [4.78, 5) is 20.0. The maximum absolute atomic E-state index is 12.4. The zero-order valence-corrected chi connectivity index (χ0v) is 14.8. The molecule has 0 fully saturated rings. The van der Waals surface area contributed by atoms with Crippen LogP contribution in [0.2, 0.25) is 0 Å². The Morgan fingerprint density at radius 2 is 2.15 bits per heavy atom. The molecule has 1 amide bonds. The largest absolute Gasteiger partial charge is 0.474 e. The summed E-state index contributed by atoms with van der Waals surface area (Å²) in [7, 11) is 0. The van der Waals surface area contributed by atoms with E-state index in [9.17, 15) is 4.79 Å². The van der Waals surface area contributed by atoms with Gasteiger partial charge in [0.2, 0.25) is 5.88 Å². The van der Waals surface area contributed by atoms with E-state index in [1.807, 2.05) is 48.8 Å². The molecule has 4 heterocycles. The number of nitrogens with zero attached hydrogens (tertiary/aromatic N) is 1. The number of aromatic nitrogens is 2. The summed E-state index contributed by atoms with van der Waals surface area (Å²) in [5.74, 6) is 0.555. The number of rotatable bonds is 2. The first-order valence-corrected chi connectivity index (χ1v) is 8.88. The van der Waals surface area contributed by atoms with E-state index in [2.05, 4.69) is 27.5 Å². The minimum absolute atomic E-state index is 0.0906. The number of hydrogen-bond donors (Lipinski definition) is 3. The Balaban J connectivity index is 1.61. The van der Waals surface area contributed by atoms with Gasteiger partial charge in [0.25, 0.3) is 5.91 Å². The molecule has 2 aliphatic rings. The van der Waals surface area contributed by atoms with Crippen molar-refractivity contribution >= 4 is 28.9 Å². The first kappa shape index (κ1) is 15.7. The number of aromatic amines is 1. The van der Waals surface area contributed by atoms with Crippen LogP contribution in [0.15, 0.2) is 42.7 Å². The average Bonchev–Trinajstić information content (AvgIpc) is 3.31. The van der Waals surface area contributed by atoms with Gasteiger partial charge in [0.15, 0.2) is 0 Å². The van der Waals surface area contributed by atoms with Crippen LogP contribution in [-0.2, 0) is 4.79 Å². The number of hydrogen-bond acceptors (Lipinski definition) is 4. The summed E-state index contributed by atoms with van der Waals surface area (Å²) < 4.78 is 5.62. The van der Waals surface area contributed by atoms with Gasteiger partial charge >= 0.3 is 0 Å². The fourth-order valence-electron chi connectivity index (χ4n) is 3.60. The summed E-state index contributed by atoms with van der Waals surface area (Å²) >= 11 is 0. The fraction of sp³-hybridized carbons (Fsp3) is 0.143. The molecule has 0 bridgehead atoms. The number of ether oxygens (including phenoxy) is 1. The van der Waals surface area contributed by atoms with Gasteiger partial charge in [-0.05, 0) is 48.4 Å². The highest BCUT2D eigenvalue weighted by atomic mass is 16.5. The lowest BCUT2D eigenvalue weighted by Gasteiger charge is -2.21. The van der Waals surface area contributed by atoms with E-state index in [0.29, 0.717) is 18.1 Å². The van der Waals surface area contributed by atoms with Crippen LogP contribution in [0.1, 0.15) is 16.8 Å². The number of carbonyl (C=O) groups is 1. The third-order valence-electron chi connectivity index (χ3n) is 4.98. The molecular weight excluding hydrogens is 340 g/mol. The maximum Gasteiger partial charge on any atom is 0.256 e. The van der Waals surface area contributed by atoms with Crippen molar-refractivity contribution < 1.29 is 9.53 Å². The molecule has 3 N–H and O–H groups in total. The Morgan fingerprint density at radius 3 is 3.00 bits per heavy atom. The molecule has 0 aliphatic carbocycles. The van der Waals surface area contributed by atoms with E-state index in [0.717, 1.165) is 45.9 Å². The first-order valence-electron chi connectivity index (χ1n) is 8.88. The van der Waals surface area contributed by atoms with Gasteiger partial charge < -0.3 is 20.4 Å². The molecule has 27 heavy (non-hydrogen) atoms. The number of carbonyl (C=O) groups excluding carboxylic acids is 1. The number of anilines is 2. The van der Waals surface area contributed by atoms with E-state index < -0.39 is 0 Å². The zero-order chi connectivity index (χ0) is 18.4. The van der Waals surface area contributed by atoms with E-state index >= 15 is 0 Å². The topological polar surface area (TPSA) is 79.0 Å². The van der Waals surface area contributed by atoms with Crippen LogP contribution < -0.4 is 15.4 Å². The second-order valence-electron chi connectivity index (χ2n) is 6.65. The van der Waals surface area contributed by atoms with Crippen LogP contribution >= 0.6 is 0 Å². The van der Waals surface area contributed by atoms with Crippen LogP contribution in [0.5, 0.6) is 5.88 Å². The van der Waals surface area contributed by atoms with Gasteiger partial charge in [0, 0.05) is 41.4 Å². The van der Waals surface area contributed by atoms with E-state index in [1.165, 1.54) is 0 Å². The molecule has 0 radical (unpaired) electrons. The molecular formula is C21H18N4O2. The van der Waals surface area contributed by atoms with Gasteiger partial charge in [-0.1, -0.05) is 6.07 Å². The van der Waals surface area contributed by atoms with Crippen molar-refractivity contribution in [1.82, 2.24) is 9.97 Å². The van der Waals surface area contributed by atoms with Crippen molar-refractivity contribution in [2.24, 2.45) is 0 Å². The molecule has 5 rings (SSSR count). The van der Waals surface area contributed by atoms with Crippen molar-refractivity contribution in [2.75, 3.05) is 23.8 Å². The zero-order valence-electron chi connectivity index (χ0n) is 14.8. The van der Waals surface area contributed by atoms with Crippen molar-refractivity contribution in [3.8, 4) is 17.0 Å². The van der Waals surface area contributed by atoms with Crippen LogP contribution in [0.3, 0.4) is 0 Å². The van der Waals surface area contributed by atoms with Crippen molar-refractivity contribution in [3.63, 3.8) is 0 Å². The number of fused-ring (bicyclic) bond motifs is 2. The SMILES string of the molecule is Cc1c(-c2ccc3c(c2)/C(=C/c2ccc[nH]2)C(=O)N3)cnc2c1NCCO2. The van der Waals surface area contributed by atoms with Crippen LogP contribution in [0.25, 0.3) is 22.8 Å². The predicted octanol–water partition coefficient (Wildman–Crippen LogP) is 3.68. The molecule has 3 aromatic rings. The number of amides is 1. The van der Waals surface area contributed by atoms with Crippen LogP contribution in [0, 0.1) is 6.92 Å². The number of benzene rings is 1. The fourth-order valence-corrected chi connectivity index (χ4v) is 3.60. The second kappa shape index (κ2) is 6.02. The molecule has 6 heteroatoms. The van der Waals surface area contributed by atoms with E-state index in [1.54, 1.807) is 0 Å². The summed E-state index contributed by atoms with van der Waals surface area (Å²) in [6.45, 7) is 3.45. The highest BCUT2D eigenvalue weighted by molar-refractivity contribution is 6.35. The Labute approximate surface area is 156 Å². The molecule has 1 aromatic carbocycles. The van der Waals surface area contributed by atoms with E-state index in [4.69, 9.17) is 4.74 Å². The Hall–Kier alpha value is -3.54. The summed E-state index contributed by atoms with van der Waals surface area (Å²) in [5.41, 5.74) is 7.34. The quantitative estimate of drug-likeness (QED) is 0.611. The Bertz CT molecular complexity index is 1080. The standard InChI is InChI=1S/C21H18N4O2/c1-12-17(11-24-21-19(12)23-7-8-27-21)13-4-5-18-15(9-13)16(20(26)25-18)10-14-3-2-6-22-14/h2-6,9-11,22-23H,7-8H2,1H3,(H,25,26)/b16-10-. The number of H-pyrrole nitrogens is 1. The highest BCUT2D eigenvalue weighted by Crippen LogP contribution is 2.39. The van der Waals surface area contributed by atoms with Gasteiger partial charge in [0.1, 0.15) is 12.3 Å². The molecule has 2 aromatic heterocycles. The van der Waals surface area contributed by atoms with Gasteiger partial charge in [-0.25, -0.2) is 4.98 Å². The molecule has 0 spiro atoms. The second-order valence-corrected chi connectivity index (χ2v) is 6.65. The van der Waals surface area contributed by atoms with Crippen LogP contribution in [-0.4, -0.2) is 29.0 Å². The first-order chi connectivity index (χ1) is 13.2. The molecule has 0 saturated heterocycles. The lowest BCUT2D eigenvalue weighted by molar-refractivity contribution is -0.110. The lowest BCUT2D eigenvalue weighted by Crippen LogP contribution is -2.20. The molecule has 0 unspecified atom stereocenters. The molecule has 134 valence electrons. The average molecular weight is 358 g/mol. The Morgan fingerprint density at radius 1 is 1.22 bits per heavy atom. The summed E-state index contributed by atoms with van der Waals surface area (Å²) in [6.07, 6.45) is 5.55. The smallest absolute Gasteiger partial charge is 0.256 e. The lowest BCUT2D eigenvalue weighted by atomic mass is 9.96. The number of pyridine rings is 1. The predicted molar refractivity (Wildman–Crippen MR) is 106 cm³/mol. The minimum atomic E-state index is -0.0906. The highest BCUT2D eigenvalue weighted by Gasteiger charge is 2.25. The third-order valence-corrected chi connectivity index (χ3v) is 4.98. The Kier molecular flexibility index (Phi) is 3.50. The summed E-state index contributed by atoms with van der Waals surface area (Å²) in [5, 5.41) is 6.30. The third kappa shape index (κ3) is 2.57. The maximum atomic E-state index is 12.4. The van der Waals surface area contributed by atoms with Gasteiger partial charge in [-0.3, -0.25) is 4.79 Å². The van der Waals surface area contributed by atoms with Gasteiger partial charge in [-0.2, -0.15) is 0 Å². The van der Waals surface area contributed by atoms with Crippen molar-refractivity contribution in [1.29, 1.82) is 0 Å². The molecule has 0 atom stereocenters. The molecule has 2 aliphatic heterocycles. The van der Waals surface area contributed by atoms with Gasteiger partial charge in [-0.15, -0.1) is 0 Å². The van der Waals surface area contributed by atoms with Gasteiger partial charge in [0.05, 0.1) is 5.57 Å². The van der Waals surface area contributed by atoms with Crippen molar-refractivity contribution in [3.05, 3.63) is 59.5 Å². The monoisotopic (exact) mass is 358 g/mol. The van der Waals surface area contributed by atoms with Crippen LogP contribution in [0.4, 0.5) is 11.4 Å². The van der Waals surface area contributed by atoms with E-state index in [-0.39, 0.29) is 5.91 Å². The minimum Gasteiger partial charge on any atom is -0.474 e. The summed E-state index contributed by atoms with van der Waals surface area (Å²) in [6, 6.07) is 9.85. The van der Waals surface area contributed by atoms with Crippen molar-refractivity contribution in [2.45, 2.75) is 6.92 Å². The molecule has 0 saturated carbocycles.